The van der Waals surface area contributed by atoms with Gasteiger partial charge in [0.05, 0.1) is 11.0 Å². The van der Waals surface area contributed by atoms with E-state index >= 15 is 0 Å². The van der Waals surface area contributed by atoms with Crippen LogP contribution >= 0.6 is 0 Å². The predicted octanol–water partition coefficient (Wildman–Crippen LogP) is 18.2. The highest BCUT2D eigenvalue weighted by Crippen LogP contribution is 2.38. The van der Waals surface area contributed by atoms with Crippen molar-refractivity contribution in [3.63, 3.8) is 0 Å². The van der Waals surface area contributed by atoms with E-state index in [2.05, 4.69) is 264 Å². The number of para-hydroxylation sites is 3. The Morgan fingerprint density at radius 3 is 1.05 bits per heavy atom. The molecule has 0 bridgehead atoms. The van der Waals surface area contributed by atoms with E-state index < -0.39 is 0 Å². The molecule has 2 nitrogen and oxygen atoms in total. The van der Waals surface area contributed by atoms with Crippen LogP contribution in [-0.2, 0) is 0 Å². The number of anilines is 3. The van der Waals surface area contributed by atoms with Gasteiger partial charge in [-0.2, -0.15) is 0 Å². The van der Waals surface area contributed by atoms with E-state index in [9.17, 15) is 0 Å². The van der Waals surface area contributed by atoms with Crippen LogP contribution in [0.25, 0.3) is 83.1 Å². The standard InChI is InChI=1S/C60H42N2.C4H8/c1-4-12-43(13-5-1)44-20-22-47(23-21-44)49-32-37-55(38-33-49)61(53-14-6-2-7-15-53)56-39-34-50(35-40-56)48-26-24-45(25-27-48)46-28-30-51(31-29-46)52-36-41-60-58(42-52)57-18-10-11-19-59(57)62(60)54-16-8-3-9-17-54;1-3-4-2/h1-42H;3-4H,1-2H3/b;4-3-. The minimum absolute atomic E-state index is 1.11. The van der Waals surface area contributed by atoms with Gasteiger partial charge in [0, 0.05) is 33.5 Å². The molecule has 0 fully saturated rings. The zero-order chi connectivity index (χ0) is 44.7. The molecule has 316 valence electrons. The van der Waals surface area contributed by atoms with Crippen LogP contribution in [0, 0.1) is 0 Å². The molecule has 1 aromatic heterocycles. The van der Waals surface area contributed by atoms with E-state index in [4.69, 9.17) is 0 Å². The van der Waals surface area contributed by atoms with Gasteiger partial charge in [-0.1, -0.05) is 200 Å². The summed E-state index contributed by atoms with van der Waals surface area (Å²) in [5.41, 5.74) is 19.0. The Kier molecular flexibility index (Phi) is 12.0. The topological polar surface area (TPSA) is 8.17 Å². The van der Waals surface area contributed by atoms with Gasteiger partial charge in [-0.25, -0.2) is 0 Å². The molecule has 0 radical (unpaired) electrons. The average Bonchev–Trinajstić information content (AvgIpc) is 3.74. The number of rotatable bonds is 9. The highest BCUT2D eigenvalue weighted by molar-refractivity contribution is 6.10. The number of aromatic nitrogens is 1. The number of allylic oxidation sites excluding steroid dienone is 2. The lowest BCUT2D eigenvalue weighted by Crippen LogP contribution is -2.09. The van der Waals surface area contributed by atoms with E-state index in [-0.39, 0.29) is 0 Å². The summed E-state index contributed by atoms with van der Waals surface area (Å²) in [5.74, 6) is 0. The molecule has 0 saturated heterocycles. The summed E-state index contributed by atoms with van der Waals surface area (Å²) in [7, 11) is 0. The number of hydrogen-bond donors (Lipinski definition) is 0. The first-order valence-corrected chi connectivity index (χ1v) is 22.7. The van der Waals surface area contributed by atoms with E-state index in [0.29, 0.717) is 0 Å². The Hall–Kier alpha value is -8.46. The monoisotopic (exact) mass is 846 g/mol. The Labute approximate surface area is 388 Å². The summed E-state index contributed by atoms with van der Waals surface area (Å²) in [6.07, 6.45) is 4.00. The van der Waals surface area contributed by atoms with Gasteiger partial charge in [-0.05, 0) is 136 Å². The molecule has 0 aliphatic rings. The molecule has 0 unspecified atom stereocenters. The highest BCUT2D eigenvalue weighted by atomic mass is 15.1. The molecule has 10 aromatic carbocycles. The summed E-state index contributed by atoms with van der Waals surface area (Å²) in [6, 6.07) is 91.8. The second-order valence-corrected chi connectivity index (χ2v) is 16.4. The lowest BCUT2D eigenvalue weighted by molar-refractivity contribution is 1.18. The van der Waals surface area contributed by atoms with Crippen LogP contribution in [0.5, 0.6) is 0 Å². The fourth-order valence-corrected chi connectivity index (χ4v) is 8.83. The van der Waals surface area contributed by atoms with Crippen LogP contribution in [0.3, 0.4) is 0 Å². The predicted molar refractivity (Wildman–Crippen MR) is 283 cm³/mol. The lowest BCUT2D eigenvalue weighted by Gasteiger charge is -2.26. The zero-order valence-corrected chi connectivity index (χ0v) is 37.3. The minimum Gasteiger partial charge on any atom is -0.311 e. The quantitative estimate of drug-likeness (QED) is 0.131. The number of benzene rings is 10. The van der Waals surface area contributed by atoms with Gasteiger partial charge in [0.2, 0.25) is 0 Å². The van der Waals surface area contributed by atoms with Crippen molar-refractivity contribution >= 4 is 38.9 Å². The van der Waals surface area contributed by atoms with Crippen LogP contribution in [0.2, 0.25) is 0 Å². The van der Waals surface area contributed by atoms with Crippen LogP contribution in [0.1, 0.15) is 13.8 Å². The number of fused-ring (bicyclic) bond motifs is 3. The molecule has 2 heteroatoms. The summed E-state index contributed by atoms with van der Waals surface area (Å²) < 4.78 is 2.36. The molecule has 0 amide bonds. The fraction of sp³-hybridized carbons (Fsp3) is 0.0312. The van der Waals surface area contributed by atoms with Crippen molar-refractivity contribution in [2.45, 2.75) is 13.8 Å². The lowest BCUT2D eigenvalue weighted by atomic mass is 9.97. The second-order valence-electron chi connectivity index (χ2n) is 16.4. The first kappa shape index (κ1) is 41.5. The summed E-state index contributed by atoms with van der Waals surface area (Å²) in [5, 5.41) is 2.53. The Morgan fingerprint density at radius 1 is 0.273 bits per heavy atom. The van der Waals surface area contributed by atoms with Gasteiger partial charge >= 0.3 is 0 Å². The van der Waals surface area contributed by atoms with Crippen molar-refractivity contribution in [1.29, 1.82) is 0 Å². The molecule has 66 heavy (non-hydrogen) atoms. The van der Waals surface area contributed by atoms with Crippen LogP contribution in [0.15, 0.2) is 267 Å². The highest BCUT2D eigenvalue weighted by Gasteiger charge is 2.15. The van der Waals surface area contributed by atoms with Gasteiger partial charge < -0.3 is 9.47 Å². The summed E-state index contributed by atoms with van der Waals surface area (Å²) >= 11 is 0. The Balaban J connectivity index is 0.00000123. The number of nitrogens with zero attached hydrogens (tertiary/aromatic N) is 2. The molecular formula is C64H50N2. The molecule has 1 heterocycles. The van der Waals surface area contributed by atoms with Gasteiger partial charge in [0.15, 0.2) is 0 Å². The second kappa shape index (κ2) is 19.1. The largest absolute Gasteiger partial charge is 0.311 e. The van der Waals surface area contributed by atoms with Gasteiger partial charge in [0.25, 0.3) is 0 Å². The smallest absolute Gasteiger partial charge is 0.0541 e. The van der Waals surface area contributed by atoms with Crippen molar-refractivity contribution in [1.82, 2.24) is 4.57 Å². The molecule has 0 aliphatic heterocycles. The third-order valence-electron chi connectivity index (χ3n) is 12.4. The minimum atomic E-state index is 1.11. The maximum Gasteiger partial charge on any atom is 0.0541 e. The van der Waals surface area contributed by atoms with Crippen LogP contribution < -0.4 is 4.90 Å². The SMILES string of the molecule is C/C=C\C.c1ccc(-c2ccc(-c3ccc(N(c4ccccc4)c4ccc(-c5ccc(-c6ccc(-c7ccc8c(c7)c7ccccc7n8-c7ccccc7)cc6)cc5)cc4)cc3)cc2)cc1. The van der Waals surface area contributed by atoms with Gasteiger partial charge in [-0.15, -0.1) is 0 Å². The first-order chi connectivity index (χ1) is 32.6. The van der Waals surface area contributed by atoms with E-state index in [1.807, 2.05) is 26.0 Å². The van der Waals surface area contributed by atoms with Crippen LogP contribution in [0.4, 0.5) is 17.1 Å². The van der Waals surface area contributed by atoms with Gasteiger partial charge in [0.1, 0.15) is 0 Å². The van der Waals surface area contributed by atoms with E-state index in [1.165, 1.54) is 83.1 Å². The maximum absolute atomic E-state index is 2.36. The molecule has 0 atom stereocenters. The normalized spacial score (nSPS) is 11.1. The fourth-order valence-electron chi connectivity index (χ4n) is 8.83. The molecular weight excluding hydrogens is 797 g/mol. The van der Waals surface area contributed by atoms with Gasteiger partial charge in [-0.3, -0.25) is 0 Å². The Morgan fingerprint density at radius 2 is 0.591 bits per heavy atom. The van der Waals surface area contributed by atoms with Crippen molar-refractivity contribution in [3.8, 4) is 61.3 Å². The average molecular weight is 847 g/mol. The van der Waals surface area contributed by atoms with Crippen LogP contribution in [-0.4, -0.2) is 4.57 Å². The molecule has 0 spiro atoms. The molecule has 0 N–H and O–H groups in total. The Bertz CT molecular complexity index is 3350. The zero-order valence-electron chi connectivity index (χ0n) is 37.3. The molecule has 0 aliphatic carbocycles. The summed E-state index contributed by atoms with van der Waals surface area (Å²) in [6.45, 7) is 4.00. The third-order valence-corrected chi connectivity index (χ3v) is 12.4. The first-order valence-electron chi connectivity index (χ1n) is 22.7. The van der Waals surface area contributed by atoms with Crippen molar-refractivity contribution in [3.05, 3.63) is 267 Å². The van der Waals surface area contributed by atoms with Crippen molar-refractivity contribution < 1.29 is 0 Å². The number of hydrogen-bond acceptors (Lipinski definition) is 1. The van der Waals surface area contributed by atoms with Crippen molar-refractivity contribution in [2.75, 3.05) is 4.90 Å². The maximum atomic E-state index is 2.36. The van der Waals surface area contributed by atoms with Crippen molar-refractivity contribution in [2.24, 2.45) is 0 Å². The third kappa shape index (κ3) is 8.61. The molecule has 0 saturated carbocycles. The molecule has 11 aromatic rings. The summed E-state index contributed by atoms with van der Waals surface area (Å²) in [4.78, 5) is 2.32. The van der Waals surface area contributed by atoms with E-state index in [1.54, 1.807) is 0 Å². The van der Waals surface area contributed by atoms with E-state index in [0.717, 1.165) is 17.1 Å². The molecule has 11 rings (SSSR count).